The second kappa shape index (κ2) is 9.44. The first-order valence-corrected chi connectivity index (χ1v) is 8.98. The number of carbonyl (C=O) groups is 1. The highest BCUT2D eigenvalue weighted by Crippen LogP contribution is 2.28. The standard InChI is InChI=1S/C22H19N3O5/c1-30-21-11-7-17(13-19(21)25(28)29)20(27)10-6-16-3-2-12-23-22(16)24-18-8-4-15(14-26)5-9-18/h2-13,26H,14H2,1H3,(H,23,24)/b10-6+. The Kier molecular flexibility index (Phi) is 6.51. The Morgan fingerprint density at radius 2 is 2.00 bits per heavy atom. The fourth-order valence-electron chi connectivity index (χ4n) is 2.73. The molecule has 0 saturated heterocycles. The molecule has 0 aliphatic carbocycles. The summed E-state index contributed by atoms with van der Waals surface area (Å²) in [5.74, 6) is 0.244. The van der Waals surface area contributed by atoms with Gasteiger partial charge in [-0.25, -0.2) is 4.98 Å². The lowest BCUT2D eigenvalue weighted by atomic mass is 10.1. The van der Waals surface area contributed by atoms with Crippen molar-refractivity contribution in [3.05, 3.63) is 93.7 Å². The van der Waals surface area contributed by atoms with Gasteiger partial charge in [-0.1, -0.05) is 12.1 Å². The second-order valence-corrected chi connectivity index (χ2v) is 6.26. The van der Waals surface area contributed by atoms with Crippen LogP contribution < -0.4 is 10.1 Å². The molecule has 0 aliphatic rings. The maximum absolute atomic E-state index is 12.5. The molecule has 1 heterocycles. The number of nitrogens with one attached hydrogen (secondary N) is 1. The number of hydrogen-bond donors (Lipinski definition) is 2. The first-order chi connectivity index (χ1) is 14.5. The normalized spacial score (nSPS) is 10.7. The summed E-state index contributed by atoms with van der Waals surface area (Å²) < 4.78 is 4.96. The van der Waals surface area contributed by atoms with Crippen LogP contribution in [-0.2, 0) is 6.61 Å². The third-order valence-electron chi connectivity index (χ3n) is 4.31. The van der Waals surface area contributed by atoms with Gasteiger partial charge >= 0.3 is 5.69 Å². The Morgan fingerprint density at radius 3 is 2.67 bits per heavy atom. The number of nitro groups is 1. The number of anilines is 2. The molecule has 0 fully saturated rings. The van der Waals surface area contributed by atoms with Gasteiger partial charge in [-0.2, -0.15) is 0 Å². The number of allylic oxidation sites excluding steroid dienone is 1. The number of nitrogens with zero attached hydrogens (tertiary/aromatic N) is 2. The van der Waals surface area contributed by atoms with Crippen molar-refractivity contribution in [2.75, 3.05) is 12.4 Å². The summed E-state index contributed by atoms with van der Waals surface area (Å²) in [5.41, 5.74) is 2.14. The monoisotopic (exact) mass is 405 g/mol. The van der Waals surface area contributed by atoms with E-state index in [-0.39, 0.29) is 29.4 Å². The number of nitro benzene ring substituents is 1. The van der Waals surface area contributed by atoms with Crippen molar-refractivity contribution in [1.29, 1.82) is 0 Å². The van der Waals surface area contributed by atoms with Gasteiger partial charge < -0.3 is 15.2 Å². The minimum Gasteiger partial charge on any atom is -0.490 e. The zero-order chi connectivity index (χ0) is 21.5. The van der Waals surface area contributed by atoms with Crippen LogP contribution in [0.4, 0.5) is 17.2 Å². The minimum absolute atomic E-state index is 0.0382. The molecule has 0 unspecified atom stereocenters. The van der Waals surface area contributed by atoms with Crippen LogP contribution in [0.1, 0.15) is 21.5 Å². The predicted molar refractivity (Wildman–Crippen MR) is 113 cm³/mol. The highest BCUT2D eigenvalue weighted by molar-refractivity contribution is 6.07. The van der Waals surface area contributed by atoms with Crippen molar-refractivity contribution < 1.29 is 19.6 Å². The van der Waals surface area contributed by atoms with E-state index in [1.54, 1.807) is 36.5 Å². The highest BCUT2D eigenvalue weighted by Gasteiger charge is 2.17. The van der Waals surface area contributed by atoms with E-state index in [1.807, 2.05) is 12.1 Å². The summed E-state index contributed by atoms with van der Waals surface area (Å²) in [4.78, 5) is 27.4. The van der Waals surface area contributed by atoms with Crippen molar-refractivity contribution in [1.82, 2.24) is 4.98 Å². The molecule has 8 nitrogen and oxygen atoms in total. The van der Waals surface area contributed by atoms with Crippen molar-refractivity contribution >= 4 is 29.1 Å². The van der Waals surface area contributed by atoms with E-state index in [2.05, 4.69) is 10.3 Å². The Balaban J connectivity index is 1.81. The molecule has 0 bridgehead atoms. The number of ether oxygens (including phenoxy) is 1. The lowest BCUT2D eigenvalue weighted by Crippen LogP contribution is -2.00. The second-order valence-electron chi connectivity index (χ2n) is 6.26. The molecule has 2 aromatic carbocycles. The van der Waals surface area contributed by atoms with E-state index in [0.717, 1.165) is 11.3 Å². The van der Waals surface area contributed by atoms with Crippen LogP contribution in [0.5, 0.6) is 5.75 Å². The van der Waals surface area contributed by atoms with Gasteiger partial charge in [0, 0.05) is 29.1 Å². The van der Waals surface area contributed by atoms with Gasteiger partial charge in [-0.15, -0.1) is 0 Å². The van der Waals surface area contributed by atoms with Gasteiger partial charge in [0.05, 0.1) is 18.6 Å². The average Bonchev–Trinajstić information content (AvgIpc) is 2.78. The van der Waals surface area contributed by atoms with Gasteiger partial charge in [-0.3, -0.25) is 14.9 Å². The first kappa shape index (κ1) is 20.7. The van der Waals surface area contributed by atoms with Crippen molar-refractivity contribution in [3.63, 3.8) is 0 Å². The molecule has 0 radical (unpaired) electrons. The zero-order valence-corrected chi connectivity index (χ0v) is 16.1. The molecule has 0 atom stereocenters. The smallest absolute Gasteiger partial charge is 0.311 e. The number of aliphatic hydroxyl groups excluding tert-OH is 1. The number of pyridine rings is 1. The van der Waals surface area contributed by atoms with Crippen LogP contribution in [-0.4, -0.2) is 27.9 Å². The molecule has 3 aromatic rings. The summed E-state index contributed by atoms with van der Waals surface area (Å²) in [6, 6.07) is 14.8. The number of carbonyl (C=O) groups excluding carboxylic acids is 1. The van der Waals surface area contributed by atoms with Crippen molar-refractivity contribution in [2.45, 2.75) is 6.61 Å². The van der Waals surface area contributed by atoms with Crippen LogP contribution in [0.15, 0.2) is 66.9 Å². The van der Waals surface area contributed by atoms with Crippen LogP contribution in [0.25, 0.3) is 6.08 Å². The first-order valence-electron chi connectivity index (χ1n) is 8.98. The molecule has 8 heteroatoms. The Labute approximate surface area is 172 Å². The topological polar surface area (TPSA) is 115 Å². The summed E-state index contributed by atoms with van der Waals surface area (Å²) in [6.07, 6.45) is 4.55. The van der Waals surface area contributed by atoms with Crippen molar-refractivity contribution in [2.24, 2.45) is 0 Å². The van der Waals surface area contributed by atoms with Gasteiger partial charge in [0.2, 0.25) is 0 Å². The van der Waals surface area contributed by atoms with Crippen LogP contribution in [0, 0.1) is 10.1 Å². The summed E-state index contributed by atoms with van der Waals surface area (Å²) in [7, 11) is 1.33. The van der Waals surface area contributed by atoms with Crippen molar-refractivity contribution in [3.8, 4) is 5.75 Å². The Bertz CT molecular complexity index is 1090. The van der Waals surface area contributed by atoms with Crippen LogP contribution >= 0.6 is 0 Å². The van der Waals surface area contributed by atoms with Gasteiger partial charge in [0.25, 0.3) is 0 Å². The molecule has 30 heavy (non-hydrogen) atoms. The number of rotatable bonds is 8. The SMILES string of the molecule is COc1ccc(C(=O)/C=C/c2cccnc2Nc2ccc(CO)cc2)cc1[N+](=O)[O-]. The third-order valence-corrected chi connectivity index (χ3v) is 4.31. The maximum atomic E-state index is 12.5. The number of hydrogen-bond acceptors (Lipinski definition) is 7. The molecule has 0 spiro atoms. The fraction of sp³-hybridized carbons (Fsp3) is 0.0909. The largest absolute Gasteiger partial charge is 0.490 e. The fourth-order valence-corrected chi connectivity index (χ4v) is 2.73. The minimum atomic E-state index is -0.593. The van der Waals surface area contributed by atoms with E-state index in [1.165, 1.54) is 31.4 Å². The van der Waals surface area contributed by atoms with Crippen LogP contribution in [0.2, 0.25) is 0 Å². The summed E-state index contributed by atoms with van der Waals surface area (Å²) >= 11 is 0. The molecule has 3 rings (SSSR count). The van der Waals surface area contributed by atoms with Gasteiger partial charge in [0.15, 0.2) is 11.5 Å². The third kappa shape index (κ3) is 4.86. The lowest BCUT2D eigenvalue weighted by molar-refractivity contribution is -0.385. The van der Waals surface area contributed by atoms with E-state index >= 15 is 0 Å². The molecule has 0 amide bonds. The van der Waals surface area contributed by atoms with Gasteiger partial charge in [-0.05, 0) is 54.1 Å². The zero-order valence-electron chi connectivity index (χ0n) is 16.1. The highest BCUT2D eigenvalue weighted by atomic mass is 16.6. The molecule has 1 aromatic heterocycles. The number of benzene rings is 2. The quantitative estimate of drug-likeness (QED) is 0.251. The molecule has 0 aliphatic heterocycles. The van der Waals surface area contributed by atoms with Crippen LogP contribution in [0.3, 0.4) is 0 Å². The number of aromatic nitrogens is 1. The molecule has 2 N–H and O–H groups in total. The summed E-state index contributed by atoms with van der Waals surface area (Å²) in [6.45, 7) is -0.0382. The number of ketones is 1. The maximum Gasteiger partial charge on any atom is 0.311 e. The van der Waals surface area contributed by atoms with E-state index in [4.69, 9.17) is 9.84 Å². The van der Waals surface area contributed by atoms with E-state index < -0.39 is 4.92 Å². The predicted octanol–water partition coefficient (Wildman–Crippen LogP) is 4.13. The van der Waals surface area contributed by atoms with E-state index in [9.17, 15) is 14.9 Å². The number of aliphatic hydroxyl groups is 1. The Hall–Kier alpha value is -4.04. The van der Waals surface area contributed by atoms with Gasteiger partial charge in [0.1, 0.15) is 5.82 Å². The Morgan fingerprint density at radius 1 is 1.23 bits per heavy atom. The molecule has 0 saturated carbocycles. The molecular weight excluding hydrogens is 386 g/mol. The lowest BCUT2D eigenvalue weighted by Gasteiger charge is -2.09. The average molecular weight is 405 g/mol. The van der Waals surface area contributed by atoms with E-state index in [0.29, 0.717) is 11.4 Å². The summed E-state index contributed by atoms with van der Waals surface area (Å²) in [5, 5.41) is 23.5. The molecular formula is C22H19N3O5. The number of methoxy groups -OCH3 is 1. The molecule has 152 valence electrons.